The van der Waals surface area contributed by atoms with E-state index in [-0.39, 0.29) is 0 Å². The van der Waals surface area contributed by atoms with Gasteiger partial charge in [-0.3, -0.25) is 4.79 Å². The van der Waals surface area contributed by atoms with E-state index in [0.29, 0.717) is 4.88 Å². The van der Waals surface area contributed by atoms with Gasteiger partial charge in [0, 0.05) is 6.54 Å². The van der Waals surface area contributed by atoms with Gasteiger partial charge in [-0.15, -0.1) is 0 Å². The molecule has 0 fully saturated rings. The number of carbonyl (C=O) groups excluding carboxylic acids is 1. The Balaban J connectivity index is 1.84. The van der Waals surface area contributed by atoms with Crippen molar-refractivity contribution < 1.29 is 4.79 Å². The summed E-state index contributed by atoms with van der Waals surface area (Å²) in [7, 11) is 0. The van der Waals surface area contributed by atoms with Crippen molar-refractivity contribution in [2.45, 2.75) is 6.42 Å². The van der Waals surface area contributed by atoms with E-state index in [0.717, 1.165) is 18.1 Å². The molecule has 0 aliphatic carbocycles. The van der Waals surface area contributed by atoms with Gasteiger partial charge in [-0.25, -0.2) is 4.98 Å². The van der Waals surface area contributed by atoms with Crippen molar-refractivity contribution in [3.63, 3.8) is 0 Å². The number of anilines is 1. The molecule has 0 unspecified atom stereocenters. The largest absolute Gasteiger partial charge is 0.365 e. The van der Waals surface area contributed by atoms with Crippen molar-refractivity contribution in [1.29, 1.82) is 0 Å². The number of carbonyl (C=O) groups is 1. The maximum atomic E-state index is 10.9. The Kier molecular flexibility index (Phi) is 3.72. The zero-order chi connectivity index (χ0) is 12.1. The first-order valence-electron chi connectivity index (χ1n) is 5.29. The standard InChI is InChI=1S/C12H13N3OS/c13-11(16)10-8-15-12(17-10)14-7-6-9-4-2-1-3-5-9/h1-5,8H,6-7H2,(H2,13,16)(H,14,15). The maximum Gasteiger partial charge on any atom is 0.260 e. The van der Waals surface area contributed by atoms with Crippen LogP contribution in [0.5, 0.6) is 0 Å². The lowest BCUT2D eigenvalue weighted by atomic mass is 10.2. The van der Waals surface area contributed by atoms with Crippen LogP contribution in [0.2, 0.25) is 0 Å². The molecule has 0 aliphatic rings. The van der Waals surface area contributed by atoms with Gasteiger partial charge >= 0.3 is 0 Å². The van der Waals surface area contributed by atoms with E-state index in [9.17, 15) is 4.79 Å². The minimum atomic E-state index is -0.432. The number of nitrogens with zero attached hydrogens (tertiary/aromatic N) is 1. The van der Waals surface area contributed by atoms with Crippen LogP contribution in [0.4, 0.5) is 5.13 Å². The number of aromatic nitrogens is 1. The number of primary amides is 1. The van der Waals surface area contributed by atoms with Gasteiger partial charge < -0.3 is 11.1 Å². The van der Waals surface area contributed by atoms with Gasteiger partial charge in [-0.05, 0) is 12.0 Å². The molecule has 0 bridgehead atoms. The van der Waals surface area contributed by atoms with Gasteiger partial charge in [0.05, 0.1) is 6.20 Å². The molecule has 1 aromatic heterocycles. The average molecular weight is 247 g/mol. The molecule has 17 heavy (non-hydrogen) atoms. The number of hydrogen-bond acceptors (Lipinski definition) is 4. The SMILES string of the molecule is NC(=O)c1cnc(NCCc2ccccc2)s1. The van der Waals surface area contributed by atoms with E-state index in [4.69, 9.17) is 5.73 Å². The van der Waals surface area contributed by atoms with E-state index >= 15 is 0 Å². The van der Waals surface area contributed by atoms with Gasteiger partial charge in [0.25, 0.3) is 5.91 Å². The number of hydrogen-bond donors (Lipinski definition) is 2. The Hall–Kier alpha value is -1.88. The molecule has 0 aliphatic heterocycles. The third-order valence-electron chi connectivity index (χ3n) is 2.28. The zero-order valence-corrected chi connectivity index (χ0v) is 10.0. The zero-order valence-electron chi connectivity index (χ0n) is 9.22. The van der Waals surface area contributed by atoms with Crippen molar-refractivity contribution in [2.24, 2.45) is 5.73 Å². The lowest BCUT2D eigenvalue weighted by Gasteiger charge is -2.02. The molecule has 0 radical (unpaired) electrons. The fourth-order valence-electron chi connectivity index (χ4n) is 1.43. The summed E-state index contributed by atoms with van der Waals surface area (Å²) in [6, 6.07) is 10.2. The van der Waals surface area contributed by atoms with Crippen LogP contribution in [0.25, 0.3) is 0 Å². The van der Waals surface area contributed by atoms with Crippen molar-refractivity contribution in [2.75, 3.05) is 11.9 Å². The Morgan fingerprint density at radius 1 is 1.35 bits per heavy atom. The number of thiazole rings is 1. The molecule has 88 valence electrons. The minimum absolute atomic E-state index is 0.432. The third-order valence-corrected chi connectivity index (χ3v) is 3.25. The first-order valence-corrected chi connectivity index (χ1v) is 6.11. The average Bonchev–Trinajstić information content (AvgIpc) is 2.79. The van der Waals surface area contributed by atoms with Crippen molar-refractivity contribution in [3.8, 4) is 0 Å². The summed E-state index contributed by atoms with van der Waals surface area (Å²) in [5, 5.41) is 3.90. The van der Waals surface area contributed by atoms with Crippen LogP contribution in [0, 0.1) is 0 Å². The van der Waals surface area contributed by atoms with Gasteiger partial charge in [-0.2, -0.15) is 0 Å². The van der Waals surface area contributed by atoms with Crippen molar-refractivity contribution in [1.82, 2.24) is 4.98 Å². The Morgan fingerprint density at radius 2 is 2.12 bits per heavy atom. The highest BCUT2D eigenvalue weighted by Gasteiger charge is 2.05. The molecule has 2 aromatic rings. The third kappa shape index (κ3) is 3.29. The molecule has 0 saturated heterocycles. The molecule has 1 aromatic carbocycles. The summed E-state index contributed by atoms with van der Waals surface area (Å²) in [6.45, 7) is 0.787. The lowest BCUT2D eigenvalue weighted by Crippen LogP contribution is -2.08. The molecule has 5 heteroatoms. The summed E-state index contributed by atoms with van der Waals surface area (Å²) >= 11 is 1.28. The highest BCUT2D eigenvalue weighted by molar-refractivity contribution is 7.17. The minimum Gasteiger partial charge on any atom is -0.365 e. The molecule has 0 spiro atoms. The van der Waals surface area contributed by atoms with Crippen LogP contribution >= 0.6 is 11.3 Å². The maximum absolute atomic E-state index is 10.9. The predicted molar refractivity (Wildman–Crippen MR) is 69.3 cm³/mol. The summed E-state index contributed by atoms with van der Waals surface area (Å²) in [5.41, 5.74) is 6.42. The van der Waals surface area contributed by atoms with Crippen LogP contribution in [0.1, 0.15) is 15.2 Å². The van der Waals surface area contributed by atoms with Crippen LogP contribution in [0.15, 0.2) is 36.5 Å². The molecule has 0 saturated carbocycles. The van der Waals surface area contributed by atoms with Gasteiger partial charge in [0.1, 0.15) is 4.88 Å². The van der Waals surface area contributed by atoms with Crippen molar-refractivity contribution >= 4 is 22.4 Å². The van der Waals surface area contributed by atoms with E-state index in [1.165, 1.54) is 23.1 Å². The molecule has 4 nitrogen and oxygen atoms in total. The molecule has 1 heterocycles. The number of amides is 1. The van der Waals surface area contributed by atoms with Crippen LogP contribution in [-0.4, -0.2) is 17.4 Å². The molecule has 2 rings (SSSR count). The number of nitrogens with one attached hydrogen (secondary N) is 1. The van der Waals surface area contributed by atoms with E-state index in [2.05, 4.69) is 22.4 Å². The lowest BCUT2D eigenvalue weighted by molar-refractivity contribution is 0.100. The summed E-state index contributed by atoms with van der Waals surface area (Å²) in [5.74, 6) is -0.432. The normalized spacial score (nSPS) is 10.1. The van der Waals surface area contributed by atoms with Gasteiger partial charge in [0.15, 0.2) is 5.13 Å². The number of benzene rings is 1. The van der Waals surface area contributed by atoms with E-state index in [1.807, 2.05) is 18.2 Å². The summed E-state index contributed by atoms with van der Waals surface area (Å²) < 4.78 is 0. The molecular weight excluding hydrogens is 234 g/mol. The first-order chi connectivity index (χ1) is 8.25. The number of nitrogens with two attached hydrogens (primary N) is 1. The second-order valence-electron chi connectivity index (χ2n) is 3.56. The first kappa shape index (κ1) is 11.6. The quantitative estimate of drug-likeness (QED) is 0.848. The van der Waals surface area contributed by atoms with E-state index in [1.54, 1.807) is 0 Å². The summed E-state index contributed by atoms with van der Waals surface area (Å²) in [6.07, 6.45) is 2.42. The highest BCUT2D eigenvalue weighted by Crippen LogP contribution is 2.17. The fraction of sp³-hybridized carbons (Fsp3) is 0.167. The fourth-order valence-corrected chi connectivity index (χ4v) is 2.12. The topological polar surface area (TPSA) is 68.0 Å². The summed E-state index contributed by atoms with van der Waals surface area (Å²) in [4.78, 5) is 15.4. The van der Waals surface area contributed by atoms with Gasteiger partial charge in [0.2, 0.25) is 0 Å². The second-order valence-corrected chi connectivity index (χ2v) is 4.59. The van der Waals surface area contributed by atoms with Crippen LogP contribution in [0.3, 0.4) is 0 Å². The van der Waals surface area contributed by atoms with Gasteiger partial charge in [-0.1, -0.05) is 41.7 Å². The Morgan fingerprint density at radius 3 is 2.76 bits per heavy atom. The predicted octanol–water partition coefficient (Wildman–Crippen LogP) is 1.90. The smallest absolute Gasteiger partial charge is 0.260 e. The highest BCUT2D eigenvalue weighted by atomic mass is 32.1. The van der Waals surface area contributed by atoms with Crippen LogP contribution < -0.4 is 11.1 Å². The number of rotatable bonds is 5. The Labute approximate surface area is 103 Å². The van der Waals surface area contributed by atoms with E-state index < -0.39 is 5.91 Å². The molecule has 1 amide bonds. The molecular formula is C12H13N3OS. The Bertz CT molecular complexity index is 495. The van der Waals surface area contributed by atoms with Crippen molar-refractivity contribution in [3.05, 3.63) is 47.0 Å². The molecule has 0 atom stereocenters. The molecule has 3 N–H and O–H groups in total. The second kappa shape index (κ2) is 5.45. The monoisotopic (exact) mass is 247 g/mol. The van der Waals surface area contributed by atoms with Crippen LogP contribution in [-0.2, 0) is 6.42 Å².